The Balaban J connectivity index is 2.32. The highest BCUT2D eigenvalue weighted by atomic mass is 35.5. The molecule has 1 aromatic rings. The molecule has 6 heteroatoms. The summed E-state index contributed by atoms with van der Waals surface area (Å²) in [7, 11) is 0. The highest BCUT2D eigenvalue weighted by Crippen LogP contribution is 2.20. The average molecular weight is 287 g/mol. The first-order valence-corrected chi connectivity index (χ1v) is 6.63. The lowest BCUT2D eigenvalue weighted by Crippen LogP contribution is -2.08. The van der Waals surface area contributed by atoms with Crippen LogP contribution in [0.1, 0.15) is 37.0 Å². The first-order valence-electron chi connectivity index (χ1n) is 6.25. The first kappa shape index (κ1) is 15.7. The minimum atomic E-state index is -1.04. The van der Waals surface area contributed by atoms with Crippen LogP contribution < -0.4 is 5.32 Å². The summed E-state index contributed by atoms with van der Waals surface area (Å²) in [5.41, 5.74) is 0.0842. The lowest BCUT2D eigenvalue weighted by molar-refractivity contribution is 0.0696. The molecular formula is C13H19ClN2O3. The Morgan fingerprint density at radius 1 is 1.53 bits per heavy atom. The van der Waals surface area contributed by atoms with Gasteiger partial charge in [-0.3, -0.25) is 0 Å². The molecule has 0 unspecified atom stereocenters. The number of halogens is 1. The third-order valence-electron chi connectivity index (χ3n) is 2.40. The molecule has 0 radical (unpaired) electrons. The number of aromatic nitrogens is 1. The molecule has 106 valence electrons. The zero-order chi connectivity index (χ0) is 14.3. The molecule has 0 atom stereocenters. The number of ether oxygens (including phenoxy) is 1. The van der Waals surface area contributed by atoms with Crippen LogP contribution in [0.25, 0.3) is 0 Å². The van der Waals surface area contributed by atoms with Gasteiger partial charge in [0.2, 0.25) is 0 Å². The number of carbonyl (C=O) groups is 1. The fourth-order valence-corrected chi connectivity index (χ4v) is 1.67. The van der Waals surface area contributed by atoms with Crippen LogP contribution in [0, 0.1) is 0 Å². The smallest absolute Gasteiger partial charge is 0.337 e. The highest BCUT2D eigenvalue weighted by molar-refractivity contribution is 6.33. The third-order valence-corrected chi connectivity index (χ3v) is 2.69. The zero-order valence-electron chi connectivity index (χ0n) is 11.1. The van der Waals surface area contributed by atoms with Crippen LogP contribution in [0.15, 0.2) is 12.3 Å². The molecule has 1 rings (SSSR count). The predicted octanol–water partition coefficient (Wildman–Crippen LogP) is 3.05. The summed E-state index contributed by atoms with van der Waals surface area (Å²) < 4.78 is 5.43. The van der Waals surface area contributed by atoms with Crippen LogP contribution in [-0.2, 0) is 4.74 Å². The molecule has 1 aromatic heterocycles. The molecule has 0 aliphatic rings. The number of carboxylic acid groups (broad SMARTS) is 1. The van der Waals surface area contributed by atoms with Crippen molar-refractivity contribution in [1.82, 2.24) is 4.98 Å². The quantitative estimate of drug-likeness (QED) is 0.719. The maximum Gasteiger partial charge on any atom is 0.337 e. The van der Waals surface area contributed by atoms with Gasteiger partial charge in [0.1, 0.15) is 5.82 Å². The summed E-state index contributed by atoms with van der Waals surface area (Å²) in [6.45, 7) is 5.47. The summed E-state index contributed by atoms with van der Waals surface area (Å²) in [4.78, 5) is 14.7. The molecule has 19 heavy (non-hydrogen) atoms. The second-order valence-electron chi connectivity index (χ2n) is 4.41. The second kappa shape index (κ2) is 7.96. The molecule has 0 spiro atoms. The van der Waals surface area contributed by atoms with Crippen molar-refractivity contribution in [3.8, 4) is 0 Å². The molecule has 0 saturated carbocycles. The fraction of sp³-hybridized carbons (Fsp3) is 0.538. The van der Waals surface area contributed by atoms with Crippen molar-refractivity contribution in [2.24, 2.45) is 0 Å². The van der Waals surface area contributed by atoms with Crippen molar-refractivity contribution in [1.29, 1.82) is 0 Å². The van der Waals surface area contributed by atoms with E-state index < -0.39 is 5.97 Å². The van der Waals surface area contributed by atoms with Gasteiger partial charge in [-0.1, -0.05) is 11.6 Å². The van der Waals surface area contributed by atoms with Gasteiger partial charge in [-0.15, -0.1) is 0 Å². The predicted molar refractivity (Wildman–Crippen MR) is 75.0 cm³/mol. The number of hydrogen-bond donors (Lipinski definition) is 2. The van der Waals surface area contributed by atoms with E-state index in [4.69, 9.17) is 21.4 Å². The number of unbranched alkanes of at least 4 members (excludes halogenated alkanes) is 1. The van der Waals surface area contributed by atoms with Gasteiger partial charge < -0.3 is 15.2 Å². The standard InChI is InChI=1S/C13H19ClN2O3/c1-9(2)19-6-4-3-5-15-12-11(14)7-10(8-16-12)13(17)18/h7-9H,3-6H2,1-2H3,(H,15,16)(H,17,18). The Kier molecular flexibility index (Phi) is 6.59. The molecule has 0 aliphatic heterocycles. The topological polar surface area (TPSA) is 71.5 Å². The van der Waals surface area contributed by atoms with Crippen molar-refractivity contribution in [3.63, 3.8) is 0 Å². The number of nitrogens with zero attached hydrogens (tertiary/aromatic N) is 1. The summed E-state index contributed by atoms with van der Waals surface area (Å²) >= 11 is 5.94. The van der Waals surface area contributed by atoms with Crippen LogP contribution in [0.5, 0.6) is 0 Å². The fourth-order valence-electron chi connectivity index (χ4n) is 1.44. The Morgan fingerprint density at radius 3 is 2.84 bits per heavy atom. The summed E-state index contributed by atoms with van der Waals surface area (Å²) in [6.07, 6.45) is 3.44. The normalized spacial score (nSPS) is 10.7. The molecule has 0 bridgehead atoms. The zero-order valence-corrected chi connectivity index (χ0v) is 11.9. The Labute approximate surface area is 117 Å². The Morgan fingerprint density at radius 2 is 2.26 bits per heavy atom. The number of nitrogens with one attached hydrogen (secondary N) is 1. The Hall–Kier alpha value is -1.33. The number of carboxylic acids is 1. The van der Waals surface area contributed by atoms with Crippen LogP contribution in [0.3, 0.4) is 0 Å². The van der Waals surface area contributed by atoms with Crippen LogP contribution in [0.2, 0.25) is 5.02 Å². The van der Waals surface area contributed by atoms with Gasteiger partial charge in [0.25, 0.3) is 0 Å². The lowest BCUT2D eigenvalue weighted by atomic mass is 10.3. The SMILES string of the molecule is CC(C)OCCCCNc1ncc(C(=O)O)cc1Cl. The van der Waals surface area contributed by atoms with E-state index in [-0.39, 0.29) is 11.7 Å². The largest absolute Gasteiger partial charge is 0.478 e. The van der Waals surface area contributed by atoms with Gasteiger partial charge in [-0.2, -0.15) is 0 Å². The van der Waals surface area contributed by atoms with Crippen molar-refractivity contribution in [2.75, 3.05) is 18.5 Å². The van der Waals surface area contributed by atoms with Crippen LogP contribution >= 0.6 is 11.6 Å². The highest BCUT2D eigenvalue weighted by Gasteiger charge is 2.07. The summed E-state index contributed by atoms with van der Waals surface area (Å²) in [6, 6.07) is 1.39. The maximum atomic E-state index is 10.7. The van der Waals surface area contributed by atoms with Crippen LogP contribution in [-0.4, -0.2) is 35.3 Å². The number of rotatable bonds is 8. The van der Waals surface area contributed by atoms with E-state index in [2.05, 4.69) is 10.3 Å². The third kappa shape index (κ3) is 5.89. The van der Waals surface area contributed by atoms with E-state index in [1.807, 2.05) is 13.8 Å². The van der Waals surface area contributed by atoms with Gasteiger partial charge >= 0.3 is 5.97 Å². The number of anilines is 1. The summed E-state index contributed by atoms with van der Waals surface area (Å²) in [5.74, 6) is -0.525. The monoisotopic (exact) mass is 286 g/mol. The van der Waals surface area contributed by atoms with Gasteiger partial charge in [-0.25, -0.2) is 9.78 Å². The molecule has 5 nitrogen and oxygen atoms in total. The minimum Gasteiger partial charge on any atom is -0.478 e. The van der Waals surface area contributed by atoms with Crippen molar-refractivity contribution < 1.29 is 14.6 Å². The van der Waals surface area contributed by atoms with E-state index in [9.17, 15) is 4.79 Å². The summed E-state index contributed by atoms with van der Waals surface area (Å²) in [5, 5.41) is 12.2. The molecule has 0 aliphatic carbocycles. The second-order valence-corrected chi connectivity index (χ2v) is 4.82. The first-order chi connectivity index (χ1) is 9.00. The van der Waals surface area contributed by atoms with Crippen molar-refractivity contribution in [3.05, 3.63) is 22.8 Å². The van der Waals surface area contributed by atoms with E-state index in [1.165, 1.54) is 12.3 Å². The Bertz CT molecular complexity index is 424. The molecule has 0 amide bonds. The molecule has 0 aromatic carbocycles. The minimum absolute atomic E-state index is 0.0842. The van der Waals surface area contributed by atoms with E-state index in [1.54, 1.807) is 0 Å². The van der Waals surface area contributed by atoms with Gasteiger partial charge in [-0.05, 0) is 32.8 Å². The van der Waals surface area contributed by atoms with Gasteiger partial charge in [0, 0.05) is 19.3 Å². The van der Waals surface area contributed by atoms with Gasteiger partial charge in [0.15, 0.2) is 0 Å². The molecule has 0 saturated heterocycles. The molecule has 1 heterocycles. The van der Waals surface area contributed by atoms with E-state index >= 15 is 0 Å². The lowest BCUT2D eigenvalue weighted by Gasteiger charge is -2.09. The molecular weight excluding hydrogens is 268 g/mol. The molecule has 0 fully saturated rings. The molecule has 2 N–H and O–H groups in total. The van der Waals surface area contributed by atoms with Gasteiger partial charge in [0.05, 0.1) is 16.7 Å². The maximum absolute atomic E-state index is 10.7. The number of pyridine rings is 1. The van der Waals surface area contributed by atoms with E-state index in [0.717, 1.165) is 26.0 Å². The number of aromatic carboxylic acids is 1. The van der Waals surface area contributed by atoms with Crippen molar-refractivity contribution >= 4 is 23.4 Å². The average Bonchev–Trinajstić information content (AvgIpc) is 2.34. The number of hydrogen-bond acceptors (Lipinski definition) is 4. The van der Waals surface area contributed by atoms with E-state index in [0.29, 0.717) is 10.8 Å². The van der Waals surface area contributed by atoms with Crippen molar-refractivity contribution in [2.45, 2.75) is 32.8 Å². The van der Waals surface area contributed by atoms with Crippen LogP contribution in [0.4, 0.5) is 5.82 Å².